The van der Waals surface area contributed by atoms with Crippen molar-refractivity contribution in [2.45, 2.75) is 100 Å². The summed E-state index contributed by atoms with van der Waals surface area (Å²) in [6.45, 7) is 7.15. The molecule has 28 heavy (non-hydrogen) atoms. The van der Waals surface area contributed by atoms with E-state index in [-0.39, 0.29) is 5.60 Å². The SMILES string of the molecule is CC1CCNC2(C1)CC2CC1CCNC2(C1)CC(CC1CNCC3(CC3)O1)C2. The van der Waals surface area contributed by atoms with Gasteiger partial charge in [-0.3, -0.25) is 0 Å². The number of nitrogens with one attached hydrogen (secondary N) is 3. The van der Waals surface area contributed by atoms with Crippen molar-refractivity contribution in [3.63, 3.8) is 0 Å². The second-order valence-corrected chi connectivity index (χ2v) is 11.9. The molecule has 158 valence electrons. The Hall–Kier alpha value is -0.160. The van der Waals surface area contributed by atoms with Gasteiger partial charge in [0.05, 0.1) is 11.7 Å². The van der Waals surface area contributed by atoms with Crippen LogP contribution in [-0.4, -0.2) is 49.0 Å². The molecule has 0 bridgehead atoms. The number of rotatable bonds is 4. The summed E-state index contributed by atoms with van der Waals surface area (Å²) in [5.74, 6) is 3.76. The van der Waals surface area contributed by atoms with Crippen LogP contribution in [0, 0.1) is 23.7 Å². The number of hydrogen-bond acceptors (Lipinski definition) is 4. The Bertz CT molecular complexity index is 599. The molecule has 3 N–H and O–H groups in total. The Kier molecular flexibility index (Phi) is 4.43. The van der Waals surface area contributed by atoms with Gasteiger partial charge >= 0.3 is 0 Å². The summed E-state index contributed by atoms with van der Waals surface area (Å²) in [4.78, 5) is 0. The highest BCUT2D eigenvalue weighted by molar-refractivity contribution is 5.14. The van der Waals surface area contributed by atoms with Gasteiger partial charge in [-0.1, -0.05) is 6.92 Å². The van der Waals surface area contributed by atoms with Gasteiger partial charge < -0.3 is 20.7 Å². The third kappa shape index (κ3) is 3.46. The highest BCUT2D eigenvalue weighted by atomic mass is 16.5. The van der Waals surface area contributed by atoms with Crippen LogP contribution < -0.4 is 16.0 Å². The zero-order chi connectivity index (χ0) is 18.8. The summed E-state index contributed by atoms with van der Waals surface area (Å²) in [7, 11) is 0. The van der Waals surface area contributed by atoms with E-state index in [1.165, 1.54) is 83.7 Å². The molecule has 5 atom stereocenters. The number of ether oxygens (including phenoxy) is 1. The molecule has 6 rings (SSSR count). The van der Waals surface area contributed by atoms with Gasteiger partial charge in [0.15, 0.2) is 0 Å². The molecule has 3 aliphatic heterocycles. The van der Waals surface area contributed by atoms with E-state index in [9.17, 15) is 0 Å². The lowest BCUT2D eigenvalue weighted by Crippen LogP contribution is -2.60. The zero-order valence-electron chi connectivity index (χ0n) is 17.9. The maximum absolute atomic E-state index is 6.43. The molecule has 3 saturated carbocycles. The van der Waals surface area contributed by atoms with Crippen LogP contribution in [0.2, 0.25) is 0 Å². The lowest BCUT2D eigenvalue weighted by Gasteiger charge is -2.54. The van der Waals surface area contributed by atoms with Crippen LogP contribution >= 0.6 is 0 Å². The van der Waals surface area contributed by atoms with E-state index in [0.717, 1.165) is 36.8 Å². The molecule has 0 aromatic rings. The minimum atomic E-state index is 0.253. The minimum absolute atomic E-state index is 0.253. The van der Waals surface area contributed by atoms with Crippen LogP contribution in [-0.2, 0) is 4.74 Å². The Morgan fingerprint density at radius 3 is 2.54 bits per heavy atom. The highest BCUT2D eigenvalue weighted by Gasteiger charge is 2.56. The molecule has 6 fully saturated rings. The lowest BCUT2D eigenvalue weighted by molar-refractivity contribution is -0.0786. The van der Waals surface area contributed by atoms with E-state index in [1.54, 1.807) is 0 Å². The molecule has 0 aromatic carbocycles. The van der Waals surface area contributed by atoms with Crippen molar-refractivity contribution >= 4 is 0 Å². The lowest BCUT2D eigenvalue weighted by atomic mass is 9.60. The first-order valence-electron chi connectivity index (χ1n) is 12.4. The molecular weight excluding hydrogens is 346 g/mol. The summed E-state index contributed by atoms with van der Waals surface area (Å²) in [6, 6.07) is 0. The van der Waals surface area contributed by atoms with E-state index in [4.69, 9.17) is 4.74 Å². The molecule has 3 heterocycles. The standard InChI is InChI=1S/C24H41N3O/c1-17-2-6-27-24(10-17)14-20(24)8-18-3-7-26-22(11-18)12-19(13-22)9-21-15-25-16-23(28-21)4-5-23/h17-21,25-27H,2-16H2,1H3. The van der Waals surface area contributed by atoms with Gasteiger partial charge in [0.2, 0.25) is 0 Å². The topological polar surface area (TPSA) is 45.3 Å². The summed E-state index contributed by atoms with van der Waals surface area (Å²) < 4.78 is 6.43. The average Bonchev–Trinajstić information content (AvgIpc) is 3.53. The second-order valence-electron chi connectivity index (χ2n) is 11.9. The van der Waals surface area contributed by atoms with Crippen LogP contribution in [0.1, 0.15) is 77.6 Å². The smallest absolute Gasteiger partial charge is 0.0812 e. The maximum Gasteiger partial charge on any atom is 0.0812 e. The van der Waals surface area contributed by atoms with Crippen molar-refractivity contribution in [3.8, 4) is 0 Å². The molecule has 3 aliphatic carbocycles. The van der Waals surface area contributed by atoms with Crippen molar-refractivity contribution in [3.05, 3.63) is 0 Å². The molecule has 5 unspecified atom stereocenters. The van der Waals surface area contributed by atoms with Crippen molar-refractivity contribution in [2.24, 2.45) is 23.7 Å². The van der Waals surface area contributed by atoms with Gasteiger partial charge in [-0.05, 0) is 107 Å². The van der Waals surface area contributed by atoms with Crippen LogP contribution in [0.4, 0.5) is 0 Å². The fourth-order valence-corrected chi connectivity index (χ4v) is 7.75. The number of morpholine rings is 1. The molecule has 4 heteroatoms. The van der Waals surface area contributed by atoms with Crippen molar-refractivity contribution in [1.29, 1.82) is 0 Å². The van der Waals surface area contributed by atoms with Crippen LogP contribution in [0.15, 0.2) is 0 Å². The quantitative estimate of drug-likeness (QED) is 0.693. The van der Waals surface area contributed by atoms with Crippen LogP contribution in [0.5, 0.6) is 0 Å². The first-order chi connectivity index (χ1) is 13.6. The fraction of sp³-hybridized carbons (Fsp3) is 1.00. The van der Waals surface area contributed by atoms with Crippen molar-refractivity contribution < 1.29 is 4.74 Å². The molecule has 3 saturated heterocycles. The predicted octanol–water partition coefficient (Wildman–Crippen LogP) is 3.21. The van der Waals surface area contributed by atoms with Gasteiger partial charge in [0.25, 0.3) is 0 Å². The molecule has 0 aromatic heterocycles. The largest absolute Gasteiger partial charge is 0.369 e. The van der Waals surface area contributed by atoms with Gasteiger partial charge in [-0.15, -0.1) is 0 Å². The summed E-state index contributed by atoms with van der Waals surface area (Å²) >= 11 is 0. The summed E-state index contributed by atoms with van der Waals surface area (Å²) in [5, 5.41) is 11.5. The third-order valence-electron chi connectivity index (χ3n) is 9.41. The van der Waals surface area contributed by atoms with Crippen molar-refractivity contribution in [2.75, 3.05) is 26.2 Å². The highest BCUT2D eigenvalue weighted by Crippen LogP contribution is 2.55. The Balaban J connectivity index is 0.982. The van der Waals surface area contributed by atoms with E-state index in [2.05, 4.69) is 22.9 Å². The second kappa shape index (κ2) is 6.67. The van der Waals surface area contributed by atoms with Gasteiger partial charge in [-0.25, -0.2) is 0 Å². The summed E-state index contributed by atoms with van der Waals surface area (Å²) in [6.07, 6.45) is 15.8. The third-order valence-corrected chi connectivity index (χ3v) is 9.41. The molecule has 0 radical (unpaired) electrons. The minimum Gasteiger partial charge on any atom is -0.369 e. The van der Waals surface area contributed by atoms with Gasteiger partial charge in [-0.2, -0.15) is 0 Å². The maximum atomic E-state index is 6.43. The van der Waals surface area contributed by atoms with Crippen LogP contribution in [0.3, 0.4) is 0 Å². The molecule has 0 amide bonds. The molecule has 3 spiro atoms. The van der Waals surface area contributed by atoms with E-state index >= 15 is 0 Å². The van der Waals surface area contributed by atoms with Crippen molar-refractivity contribution in [1.82, 2.24) is 16.0 Å². The van der Waals surface area contributed by atoms with E-state index < -0.39 is 0 Å². The van der Waals surface area contributed by atoms with Gasteiger partial charge in [0, 0.05) is 24.2 Å². The Morgan fingerprint density at radius 1 is 0.893 bits per heavy atom. The first kappa shape index (κ1) is 18.6. The monoisotopic (exact) mass is 387 g/mol. The Labute approximate surface area is 171 Å². The normalized spacial score (nSPS) is 52.0. The van der Waals surface area contributed by atoms with E-state index in [1.807, 2.05) is 0 Å². The Morgan fingerprint density at radius 2 is 1.71 bits per heavy atom. The first-order valence-corrected chi connectivity index (χ1v) is 12.4. The predicted molar refractivity (Wildman–Crippen MR) is 112 cm³/mol. The molecular formula is C24H41N3O. The zero-order valence-corrected chi connectivity index (χ0v) is 17.9. The van der Waals surface area contributed by atoms with Crippen LogP contribution in [0.25, 0.3) is 0 Å². The average molecular weight is 388 g/mol. The molecule has 6 aliphatic rings. The summed E-state index contributed by atoms with van der Waals surface area (Å²) in [5.41, 5.74) is 1.30. The molecule has 4 nitrogen and oxygen atoms in total. The number of hydrogen-bond donors (Lipinski definition) is 3. The number of piperidine rings is 2. The fourth-order valence-electron chi connectivity index (χ4n) is 7.75. The van der Waals surface area contributed by atoms with Gasteiger partial charge in [0.1, 0.15) is 0 Å². The van der Waals surface area contributed by atoms with E-state index in [0.29, 0.717) is 17.2 Å².